The quantitative estimate of drug-likeness (QED) is 0.839. The molecule has 0 amide bonds. The van der Waals surface area contributed by atoms with E-state index in [1.165, 1.54) is 0 Å². The first-order valence-electron chi connectivity index (χ1n) is 7.66. The van der Waals surface area contributed by atoms with Crippen LogP contribution in [0.2, 0.25) is 0 Å². The first-order valence-corrected chi connectivity index (χ1v) is 7.66. The topological polar surface area (TPSA) is 29.9 Å². The Bertz CT molecular complexity index is 557. The van der Waals surface area contributed by atoms with Crippen molar-refractivity contribution in [3.63, 3.8) is 0 Å². The number of nitrogens with zero attached hydrogens (tertiary/aromatic N) is 2. The van der Waals surface area contributed by atoms with Crippen molar-refractivity contribution < 1.29 is 4.39 Å². The normalized spacial score (nSPS) is 12.6. The molecule has 0 saturated heterocycles. The van der Waals surface area contributed by atoms with Gasteiger partial charge in [0.25, 0.3) is 0 Å². The van der Waals surface area contributed by atoms with Crippen molar-refractivity contribution in [3.05, 3.63) is 53.1 Å². The van der Waals surface area contributed by atoms with Crippen LogP contribution >= 0.6 is 0 Å². The van der Waals surface area contributed by atoms with Crippen LogP contribution in [0, 0.1) is 12.7 Å². The molecule has 0 radical (unpaired) electrons. The molecule has 2 aromatic rings. The molecule has 21 heavy (non-hydrogen) atoms. The summed E-state index contributed by atoms with van der Waals surface area (Å²) in [6.07, 6.45) is 6.02. The standard InChI is InChI=1S/C17H24FN3/c1-4-6-19-17(14-8-13(3)9-16(18)10-14)15-11-20-21(12-15)7-5-2/h8-12,17,19H,4-7H2,1-3H3. The fourth-order valence-corrected chi connectivity index (χ4v) is 2.53. The summed E-state index contributed by atoms with van der Waals surface area (Å²) < 4.78 is 15.7. The molecule has 1 heterocycles. The molecule has 0 spiro atoms. The third-order valence-electron chi connectivity index (χ3n) is 3.44. The second-order valence-electron chi connectivity index (χ2n) is 5.49. The molecule has 0 fully saturated rings. The lowest BCUT2D eigenvalue weighted by Crippen LogP contribution is -2.23. The van der Waals surface area contributed by atoms with E-state index in [1.807, 2.05) is 23.9 Å². The Labute approximate surface area is 126 Å². The van der Waals surface area contributed by atoms with Crippen molar-refractivity contribution in [1.29, 1.82) is 0 Å². The average Bonchev–Trinajstić information content (AvgIpc) is 2.87. The van der Waals surface area contributed by atoms with Crippen molar-refractivity contribution in [2.45, 2.75) is 46.2 Å². The Morgan fingerprint density at radius 3 is 2.67 bits per heavy atom. The molecule has 0 aliphatic carbocycles. The maximum atomic E-state index is 13.7. The van der Waals surface area contributed by atoms with E-state index in [2.05, 4.69) is 30.5 Å². The van der Waals surface area contributed by atoms with Crippen LogP contribution in [0.1, 0.15) is 49.4 Å². The first-order chi connectivity index (χ1) is 10.1. The van der Waals surface area contributed by atoms with E-state index in [-0.39, 0.29) is 11.9 Å². The highest BCUT2D eigenvalue weighted by Crippen LogP contribution is 2.23. The Morgan fingerprint density at radius 2 is 2.00 bits per heavy atom. The lowest BCUT2D eigenvalue weighted by Gasteiger charge is -2.18. The van der Waals surface area contributed by atoms with Crippen LogP contribution in [0.3, 0.4) is 0 Å². The van der Waals surface area contributed by atoms with Gasteiger partial charge in [-0.15, -0.1) is 0 Å². The minimum atomic E-state index is -0.186. The van der Waals surface area contributed by atoms with Gasteiger partial charge in [-0.05, 0) is 49.6 Å². The summed E-state index contributed by atoms with van der Waals surface area (Å²) in [5, 5.41) is 7.88. The summed E-state index contributed by atoms with van der Waals surface area (Å²) >= 11 is 0. The maximum absolute atomic E-state index is 13.7. The van der Waals surface area contributed by atoms with Crippen LogP contribution in [0.15, 0.2) is 30.6 Å². The molecule has 2 rings (SSSR count). The molecule has 3 nitrogen and oxygen atoms in total. The molecular weight excluding hydrogens is 265 g/mol. The van der Waals surface area contributed by atoms with Gasteiger partial charge in [-0.2, -0.15) is 5.10 Å². The monoisotopic (exact) mass is 289 g/mol. The van der Waals surface area contributed by atoms with E-state index in [0.29, 0.717) is 0 Å². The summed E-state index contributed by atoms with van der Waals surface area (Å²) in [5.74, 6) is -0.186. The highest BCUT2D eigenvalue weighted by molar-refractivity contribution is 5.32. The van der Waals surface area contributed by atoms with Gasteiger partial charge in [-0.3, -0.25) is 4.68 Å². The predicted molar refractivity (Wildman–Crippen MR) is 83.8 cm³/mol. The molecule has 1 aromatic carbocycles. The van der Waals surface area contributed by atoms with Crippen LogP contribution in [-0.2, 0) is 6.54 Å². The molecule has 114 valence electrons. The van der Waals surface area contributed by atoms with E-state index < -0.39 is 0 Å². The van der Waals surface area contributed by atoms with Gasteiger partial charge in [-0.25, -0.2) is 4.39 Å². The Kier molecular flexibility index (Phi) is 5.51. The lowest BCUT2D eigenvalue weighted by molar-refractivity contribution is 0.579. The number of halogens is 1. The van der Waals surface area contributed by atoms with Crippen molar-refractivity contribution in [2.75, 3.05) is 6.54 Å². The number of aryl methyl sites for hydroxylation is 2. The maximum Gasteiger partial charge on any atom is 0.123 e. The van der Waals surface area contributed by atoms with Gasteiger partial charge >= 0.3 is 0 Å². The van der Waals surface area contributed by atoms with Crippen molar-refractivity contribution in [2.24, 2.45) is 0 Å². The van der Waals surface area contributed by atoms with Gasteiger partial charge in [0.15, 0.2) is 0 Å². The SMILES string of the molecule is CCCNC(c1cc(C)cc(F)c1)c1cnn(CCC)c1. The molecule has 1 unspecified atom stereocenters. The lowest BCUT2D eigenvalue weighted by atomic mass is 9.99. The van der Waals surface area contributed by atoms with Crippen molar-refractivity contribution in [1.82, 2.24) is 15.1 Å². The Balaban J connectivity index is 2.31. The van der Waals surface area contributed by atoms with E-state index in [4.69, 9.17) is 0 Å². The molecule has 0 saturated carbocycles. The van der Waals surface area contributed by atoms with E-state index in [0.717, 1.165) is 42.6 Å². The number of benzene rings is 1. The van der Waals surface area contributed by atoms with Crippen LogP contribution in [0.25, 0.3) is 0 Å². The van der Waals surface area contributed by atoms with E-state index >= 15 is 0 Å². The summed E-state index contributed by atoms with van der Waals surface area (Å²) in [6, 6.07) is 5.19. The fourth-order valence-electron chi connectivity index (χ4n) is 2.53. The highest BCUT2D eigenvalue weighted by Gasteiger charge is 2.16. The van der Waals surface area contributed by atoms with Gasteiger partial charge < -0.3 is 5.32 Å². The average molecular weight is 289 g/mol. The summed E-state index contributed by atoms with van der Waals surface area (Å²) in [5.41, 5.74) is 2.98. The summed E-state index contributed by atoms with van der Waals surface area (Å²) in [7, 11) is 0. The highest BCUT2D eigenvalue weighted by atomic mass is 19.1. The van der Waals surface area contributed by atoms with Crippen molar-refractivity contribution in [3.8, 4) is 0 Å². The van der Waals surface area contributed by atoms with Crippen LogP contribution < -0.4 is 5.32 Å². The zero-order valence-electron chi connectivity index (χ0n) is 13.1. The molecule has 0 aliphatic heterocycles. The Hall–Kier alpha value is -1.68. The second-order valence-corrected chi connectivity index (χ2v) is 5.49. The van der Waals surface area contributed by atoms with Crippen LogP contribution in [-0.4, -0.2) is 16.3 Å². The molecule has 1 N–H and O–H groups in total. The van der Waals surface area contributed by atoms with Gasteiger partial charge in [-0.1, -0.05) is 19.9 Å². The number of aromatic nitrogens is 2. The molecule has 1 atom stereocenters. The predicted octanol–water partition coefficient (Wildman–Crippen LogP) is 3.83. The van der Waals surface area contributed by atoms with Gasteiger partial charge in [0.05, 0.1) is 12.2 Å². The Morgan fingerprint density at radius 1 is 1.19 bits per heavy atom. The second kappa shape index (κ2) is 7.36. The third kappa shape index (κ3) is 4.14. The molecular formula is C17H24FN3. The molecule has 0 aliphatic rings. The molecule has 0 bridgehead atoms. The molecule has 4 heteroatoms. The smallest absolute Gasteiger partial charge is 0.123 e. The van der Waals surface area contributed by atoms with Crippen LogP contribution in [0.5, 0.6) is 0 Å². The fraction of sp³-hybridized carbons (Fsp3) is 0.471. The summed E-state index contributed by atoms with van der Waals surface area (Å²) in [6.45, 7) is 7.97. The van der Waals surface area contributed by atoms with E-state index in [1.54, 1.807) is 12.1 Å². The zero-order chi connectivity index (χ0) is 15.2. The van der Waals surface area contributed by atoms with Crippen molar-refractivity contribution >= 4 is 0 Å². The van der Waals surface area contributed by atoms with Gasteiger partial charge in [0, 0.05) is 18.3 Å². The molecule has 1 aromatic heterocycles. The first kappa shape index (κ1) is 15.7. The van der Waals surface area contributed by atoms with Gasteiger partial charge in [0.2, 0.25) is 0 Å². The zero-order valence-corrected chi connectivity index (χ0v) is 13.1. The third-order valence-corrected chi connectivity index (χ3v) is 3.44. The van der Waals surface area contributed by atoms with E-state index in [9.17, 15) is 4.39 Å². The number of hydrogen-bond donors (Lipinski definition) is 1. The number of nitrogens with one attached hydrogen (secondary N) is 1. The minimum Gasteiger partial charge on any atom is -0.306 e. The largest absolute Gasteiger partial charge is 0.306 e. The number of hydrogen-bond acceptors (Lipinski definition) is 2. The summed E-state index contributed by atoms with van der Waals surface area (Å²) in [4.78, 5) is 0. The van der Waals surface area contributed by atoms with Crippen LogP contribution in [0.4, 0.5) is 4.39 Å². The minimum absolute atomic E-state index is 0.00930. The van der Waals surface area contributed by atoms with Gasteiger partial charge in [0.1, 0.15) is 5.82 Å². The number of rotatable bonds is 7.